The predicted octanol–water partition coefficient (Wildman–Crippen LogP) is 3.61. The molecule has 23 heavy (non-hydrogen) atoms. The van der Waals surface area contributed by atoms with Crippen molar-refractivity contribution in [3.63, 3.8) is 0 Å². The van der Waals surface area contributed by atoms with Gasteiger partial charge in [0.05, 0.1) is 33.0 Å². The van der Waals surface area contributed by atoms with Gasteiger partial charge >= 0.3 is 0 Å². The highest BCUT2D eigenvalue weighted by Gasteiger charge is 2.31. The molecule has 1 aliphatic rings. The van der Waals surface area contributed by atoms with Gasteiger partial charge in [0.25, 0.3) is 0 Å². The number of aromatic nitrogens is 1. The number of aliphatic imine (C=N–C) groups is 1. The van der Waals surface area contributed by atoms with E-state index in [4.69, 9.17) is 5.26 Å². The molecule has 1 atom stereocenters. The van der Waals surface area contributed by atoms with Gasteiger partial charge in [-0.25, -0.2) is 4.98 Å². The number of amides is 1. The molecule has 1 unspecified atom stereocenters. The summed E-state index contributed by atoms with van der Waals surface area (Å²) < 4.78 is 1.01. The Morgan fingerprint density at radius 1 is 1.26 bits per heavy atom. The zero-order chi connectivity index (χ0) is 15.8. The van der Waals surface area contributed by atoms with Crippen LogP contribution in [0.1, 0.15) is 17.0 Å². The molecule has 0 saturated heterocycles. The van der Waals surface area contributed by atoms with Crippen LogP contribution in [-0.4, -0.2) is 17.1 Å². The van der Waals surface area contributed by atoms with Gasteiger partial charge in [0, 0.05) is 17.5 Å². The molecule has 1 aromatic heterocycles. The maximum Gasteiger partial charge on any atom is 0.237 e. The van der Waals surface area contributed by atoms with Crippen LogP contribution in [0.25, 0.3) is 10.2 Å². The molecule has 2 heterocycles. The first-order valence-electron chi connectivity index (χ1n) is 6.97. The van der Waals surface area contributed by atoms with Crippen LogP contribution in [0.15, 0.2) is 46.9 Å². The summed E-state index contributed by atoms with van der Waals surface area (Å²) in [7, 11) is 0. The molecular weight excluding hydrogens is 308 g/mol. The fourth-order valence-corrected chi connectivity index (χ4v) is 3.51. The molecule has 2 aromatic carbocycles. The first-order valence-corrected chi connectivity index (χ1v) is 7.85. The van der Waals surface area contributed by atoms with E-state index < -0.39 is 5.92 Å². The fourth-order valence-electron chi connectivity index (χ4n) is 2.63. The van der Waals surface area contributed by atoms with Crippen LogP contribution in [0.3, 0.4) is 0 Å². The Hall–Kier alpha value is -3.04. The molecule has 0 saturated carbocycles. The lowest BCUT2D eigenvalue weighted by Crippen LogP contribution is -2.12. The van der Waals surface area contributed by atoms with Crippen LogP contribution in [0, 0.1) is 11.3 Å². The van der Waals surface area contributed by atoms with Gasteiger partial charge < -0.3 is 5.32 Å². The topological polar surface area (TPSA) is 78.1 Å². The molecule has 4 rings (SSSR count). The Bertz CT molecular complexity index is 982. The van der Waals surface area contributed by atoms with Crippen molar-refractivity contribution in [1.82, 2.24) is 4.98 Å². The van der Waals surface area contributed by atoms with Gasteiger partial charge in [0.2, 0.25) is 5.91 Å². The summed E-state index contributed by atoms with van der Waals surface area (Å²) in [5.74, 6) is -0.511. The number of nitrogens with zero attached hydrogens (tertiary/aromatic N) is 3. The number of rotatable bonds is 2. The Morgan fingerprint density at radius 2 is 2.09 bits per heavy atom. The summed E-state index contributed by atoms with van der Waals surface area (Å²) in [5, 5.41) is 11.7. The van der Waals surface area contributed by atoms with E-state index in [1.807, 2.05) is 12.1 Å². The first-order chi connectivity index (χ1) is 11.3. The summed E-state index contributed by atoms with van der Waals surface area (Å²) in [4.78, 5) is 20.9. The second kappa shape index (κ2) is 5.30. The van der Waals surface area contributed by atoms with Gasteiger partial charge in [0.1, 0.15) is 5.92 Å². The standard InChI is InChI=1S/C17H10N4OS/c18-7-10-1-3-11(4-2-10)19-8-12-15-13(21-17(12)22)5-6-14-16(15)23-9-20-14/h1-6,8-9,12H,(H,21,22). The molecule has 3 aromatic rings. The number of nitriles is 1. The maximum atomic E-state index is 12.3. The minimum atomic E-state index is -0.426. The van der Waals surface area contributed by atoms with Crippen LogP contribution in [0.2, 0.25) is 0 Å². The smallest absolute Gasteiger partial charge is 0.237 e. The lowest BCUT2D eigenvalue weighted by Gasteiger charge is -2.03. The number of fused-ring (bicyclic) bond motifs is 3. The number of carbonyl (C=O) groups excluding carboxylic acids is 1. The first kappa shape index (κ1) is 13.6. The summed E-state index contributed by atoms with van der Waals surface area (Å²) in [6.45, 7) is 0. The molecule has 0 bridgehead atoms. The third kappa shape index (κ3) is 2.28. The van der Waals surface area contributed by atoms with Crippen molar-refractivity contribution >= 4 is 45.0 Å². The van der Waals surface area contributed by atoms with E-state index in [2.05, 4.69) is 21.4 Å². The van der Waals surface area contributed by atoms with E-state index in [0.29, 0.717) is 11.3 Å². The van der Waals surface area contributed by atoms with Gasteiger partial charge in [0.15, 0.2) is 0 Å². The summed E-state index contributed by atoms with van der Waals surface area (Å²) in [6, 6.07) is 12.8. The van der Waals surface area contributed by atoms with Crippen molar-refractivity contribution in [2.24, 2.45) is 4.99 Å². The Labute approximate surface area is 135 Å². The van der Waals surface area contributed by atoms with Gasteiger partial charge in [-0.05, 0) is 36.4 Å². The van der Waals surface area contributed by atoms with Crippen molar-refractivity contribution in [2.45, 2.75) is 5.92 Å². The summed E-state index contributed by atoms with van der Waals surface area (Å²) in [6.07, 6.45) is 1.65. The quantitative estimate of drug-likeness (QED) is 0.733. The molecule has 0 aliphatic carbocycles. The average molecular weight is 318 g/mol. The van der Waals surface area contributed by atoms with E-state index in [9.17, 15) is 4.79 Å². The summed E-state index contributed by atoms with van der Waals surface area (Å²) >= 11 is 1.52. The zero-order valence-corrected chi connectivity index (χ0v) is 12.7. The van der Waals surface area contributed by atoms with Gasteiger partial charge in [-0.2, -0.15) is 5.26 Å². The molecule has 0 fully saturated rings. The second-order valence-corrected chi connectivity index (χ2v) is 5.99. The number of hydrogen-bond donors (Lipinski definition) is 1. The van der Waals surface area contributed by atoms with Crippen LogP contribution in [0.5, 0.6) is 0 Å². The Kier molecular flexibility index (Phi) is 3.14. The monoisotopic (exact) mass is 318 g/mol. The van der Waals surface area contributed by atoms with Crippen LogP contribution < -0.4 is 5.32 Å². The molecular formula is C17H10N4OS. The van der Waals surface area contributed by atoms with Gasteiger partial charge in [-0.1, -0.05) is 0 Å². The minimum absolute atomic E-state index is 0.0849. The highest BCUT2D eigenvalue weighted by Crippen LogP contribution is 2.39. The average Bonchev–Trinajstić information content (AvgIpc) is 3.16. The summed E-state index contributed by atoms with van der Waals surface area (Å²) in [5.41, 5.74) is 5.72. The largest absolute Gasteiger partial charge is 0.325 e. The van der Waals surface area contributed by atoms with Crippen molar-refractivity contribution in [2.75, 3.05) is 5.32 Å². The third-order valence-electron chi connectivity index (χ3n) is 3.76. The number of benzene rings is 2. The molecule has 6 heteroatoms. The third-order valence-corrected chi connectivity index (χ3v) is 4.63. The number of hydrogen-bond acceptors (Lipinski definition) is 5. The highest BCUT2D eigenvalue weighted by atomic mass is 32.1. The van der Waals surface area contributed by atoms with Crippen molar-refractivity contribution < 1.29 is 4.79 Å². The predicted molar refractivity (Wildman–Crippen MR) is 90.3 cm³/mol. The fraction of sp³-hybridized carbons (Fsp3) is 0.0588. The Balaban J connectivity index is 1.72. The van der Waals surface area contributed by atoms with Crippen molar-refractivity contribution in [1.29, 1.82) is 5.26 Å². The molecule has 1 amide bonds. The van der Waals surface area contributed by atoms with E-state index >= 15 is 0 Å². The van der Waals surface area contributed by atoms with E-state index in [-0.39, 0.29) is 5.91 Å². The van der Waals surface area contributed by atoms with Crippen molar-refractivity contribution in [3.8, 4) is 6.07 Å². The number of thiazole rings is 1. The van der Waals surface area contributed by atoms with Crippen LogP contribution in [-0.2, 0) is 4.79 Å². The zero-order valence-electron chi connectivity index (χ0n) is 11.9. The molecule has 0 radical (unpaired) electrons. The number of nitrogens with one attached hydrogen (secondary N) is 1. The molecule has 1 aliphatic heterocycles. The number of carbonyl (C=O) groups is 1. The second-order valence-electron chi connectivity index (χ2n) is 5.13. The normalized spacial score (nSPS) is 16.5. The van der Waals surface area contributed by atoms with Crippen LogP contribution >= 0.6 is 11.3 Å². The lowest BCUT2D eigenvalue weighted by molar-refractivity contribution is -0.115. The molecule has 0 spiro atoms. The minimum Gasteiger partial charge on any atom is -0.325 e. The van der Waals surface area contributed by atoms with Gasteiger partial charge in [-0.3, -0.25) is 9.79 Å². The molecule has 1 N–H and O–H groups in total. The van der Waals surface area contributed by atoms with E-state index in [1.165, 1.54) is 11.3 Å². The molecule has 5 nitrogen and oxygen atoms in total. The SMILES string of the molecule is N#Cc1ccc(N=CC2C(=O)Nc3ccc4ncsc4c32)cc1. The molecule has 110 valence electrons. The van der Waals surface area contributed by atoms with E-state index in [0.717, 1.165) is 21.5 Å². The van der Waals surface area contributed by atoms with Gasteiger partial charge in [-0.15, -0.1) is 11.3 Å². The van der Waals surface area contributed by atoms with Crippen molar-refractivity contribution in [3.05, 3.63) is 53.0 Å². The number of anilines is 1. The lowest BCUT2D eigenvalue weighted by atomic mass is 10.0. The highest BCUT2D eigenvalue weighted by molar-refractivity contribution is 7.17. The van der Waals surface area contributed by atoms with Crippen LogP contribution in [0.4, 0.5) is 11.4 Å². The van der Waals surface area contributed by atoms with E-state index in [1.54, 1.807) is 36.0 Å². The maximum absolute atomic E-state index is 12.3. The Morgan fingerprint density at radius 3 is 2.87 bits per heavy atom.